The molecule has 2 atom stereocenters. The van der Waals surface area contributed by atoms with Crippen LogP contribution < -0.4 is 0 Å². The highest BCUT2D eigenvalue weighted by molar-refractivity contribution is 7.89. The third-order valence-corrected chi connectivity index (χ3v) is 6.21. The van der Waals surface area contributed by atoms with Crippen LogP contribution in [0.5, 0.6) is 0 Å². The van der Waals surface area contributed by atoms with Gasteiger partial charge in [-0.05, 0) is 44.9 Å². The van der Waals surface area contributed by atoms with E-state index in [0.29, 0.717) is 13.1 Å². The van der Waals surface area contributed by atoms with Crippen molar-refractivity contribution in [2.75, 3.05) is 25.4 Å². The molecule has 0 saturated carbocycles. The molecule has 0 aromatic heterocycles. The second-order valence-corrected chi connectivity index (χ2v) is 8.29. The molecular formula is C16H25FN2O2S. The molecule has 0 N–H and O–H groups in total. The molecule has 1 aromatic carbocycles. The minimum absolute atomic E-state index is 0.155. The van der Waals surface area contributed by atoms with Crippen molar-refractivity contribution in [2.24, 2.45) is 0 Å². The van der Waals surface area contributed by atoms with Crippen molar-refractivity contribution in [3.63, 3.8) is 0 Å². The Kier molecular flexibility index (Phi) is 5.58. The van der Waals surface area contributed by atoms with Crippen LogP contribution in [0.1, 0.15) is 26.3 Å². The Morgan fingerprint density at radius 2 is 1.68 bits per heavy atom. The van der Waals surface area contributed by atoms with Gasteiger partial charge in [-0.2, -0.15) is 4.31 Å². The van der Waals surface area contributed by atoms with Gasteiger partial charge in [0.2, 0.25) is 10.0 Å². The second kappa shape index (κ2) is 7.06. The SMILES string of the molecule is CCS(=O)(=O)N1CC(C)N(CCc2ccc(F)cc2)C(C)C1. The molecule has 0 amide bonds. The summed E-state index contributed by atoms with van der Waals surface area (Å²) in [6, 6.07) is 6.95. The first kappa shape index (κ1) is 17.4. The van der Waals surface area contributed by atoms with Gasteiger partial charge in [-0.3, -0.25) is 4.90 Å². The fourth-order valence-corrected chi connectivity index (χ4v) is 4.32. The van der Waals surface area contributed by atoms with Gasteiger partial charge in [0.15, 0.2) is 0 Å². The van der Waals surface area contributed by atoms with Crippen molar-refractivity contribution >= 4 is 10.0 Å². The van der Waals surface area contributed by atoms with Gasteiger partial charge >= 0.3 is 0 Å². The predicted molar refractivity (Wildman–Crippen MR) is 86.8 cm³/mol. The number of nitrogens with zero attached hydrogens (tertiary/aromatic N) is 2. The van der Waals surface area contributed by atoms with Crippen LogP contribution in [0.3, 0.4) is 0 Å². The summed E-state index contributed by atoms with van der Waals surface area (Å²) in [6.07, 6.45) is 0.843. The lowest BCUT2D eigenvalue weighted by Gasteiger charge is -2.43. The monoisotopic (exact) mass is 328 g/mol. The summed E-state index contributed by atoms with van der Waals surface area (Å²) in [5, 5.41) is 0. The van der Waals surface area contributed by atoms with Crippen LogP contribution in [0.25, 0.3) is 0 Å². The zero-order chi connectivity index (χ0) is 16.3. The van der Waals surface area contributed by atoms with Gasteiger partial charge in [0.25, 0.3) is 0 Å². The first-order valence-corrected chi connectivity index (χ1v) is 9.42. The standard InChI is InChI=1S/C16H25FN2O2S/c1-4-22(20,21)18-11-13(2)19(14(3)12-18)10-9-15-5-7-16(17)8-6-15/h5-8,13-14H,4,9-12H2,1-3H3. The zero-order valence-electron chi connectivity index (χ0n) is 13.5. The van der Waals surface area contributed by atoms with Crippen LogP contribution >= 0.6 is 0 Å². The largest absolute Gasteiger partial charge is 0.295 e. The van der Waals surface area contributed by atoms with E-state index >= 15 is 0 Å². The topological polar surface area (TPSA) is 40.6 Å². The van der Waals surface area contributed by atoms with Gasteiger partial charge in [0.05, 0.1) is 5.75 Å². The molecular weight excluding hydrogens is 303 g/mol. The Bertz CT molecular complexity index is 577. The average molecular weight is 328 g/mol. The van der Waals surface area contributed by atoms with E-state index in [1.54, 1.807) is 11.2 Å². The fraction of sp³-hybridized carbons (Fsp3) is 0.625. The number of hydrogen-bond donors (Lipinski definition) is 0. The Balaban J connectivity index is 1.97. The van der Waals surface area contributed by atoms with E-state index in [-0.39, 0.29) is 23.7 Å². The Morgan fingerprint density at radius 1 is 1.14 bits per heavy atom. The normalized spacial score (nSPS) is 24.5. The molecule has 22 heavy (non-hydrogen) atoms. The number of benzene rings is 1. The van der Waals surface area contributed by atoms with Crippen molar-refractivity contribution in [1.82, 2.24) is 9.21 Å². The highest BCUT2D eigenvalue weighted by Gasteiger charge is 2.34. The predicted octanol–water partition coefficient (Wildman–Crippen LogP) is 2.11. The van der Waals surface area contributed by atoms with Crippen LogP contribution in [0.2, 0.25) is 0 Å². The molecule has 0 radical (unpaired) electrons. The third-order valence-electron chi connectivity index (χ3n) is 4.40. The molecule has 2 rings (SSSR count). The molecule has 1 fully saturated rings. The summed E-state index contributed by atoms with van der Waals surface area (Å²) in [5.74, 6) is -0.0639. The quantitative estimate of drug-likeness (QED) is 0.831. The molecule has 124 valence electrons. The van der Waals surface area contributed by atoms with E-state index in [9.17, 15) is 12.8 Å². The summed E-state index contributed by atoms with van der Waals surface area (Å²) >= 11 is 0. The van der Waals surface area contributed by atoms with Crippen LogP contribution in [0, 0.1) is 5.82 Å². The lowest BCUT2D eigenvalue weighted by Crippen LogP contribution is -2.58. The first-order valence-electron chi connectivity index (χ1n) is 7.81. The van der Waals surface area contributed by atoms with Crippen LogP contribution in [-0.4, -0.2) is 55.1 Å². The van der Waals surface area contributed by atoms with E-state index in [4.69, 9.17) is 0 Å². The van der Waals surface area contributed by atoms with Crippen LogP contribution in [0.15, 0.2) is 24.3 Å². The van der Waals surface area contributed by atoms with Crippen molar-refractivity contribution in [3.05, 3.63) is 35.6 Å². The second-order valence-electron chi connectivity index (χ2n) is 6.03. The van der Waals surface area contributed by atoms with Gasteiger partial charge in [-0.25, -0.2) is 12.8 Å². The summed E-state index contributed by atoms with van der Waals surface area (Å²) < 4.78 is 38.6. The molecule has 1 aliphatic heterocycles. The molecule has 2 unspecified atom stereocenters. The summed E-state index contributed by atoms with van der Waals surface area (Å²) in [6.45, 7) is 7.77. The van der Waals surface area contributed by atoms with Crippen LogP contribution in [-0.2, 0) is 16.4 Å². The van der Waals surface area contributed by atoms with Gasteiger partial charge < -0.3 is 0 Å². The summed E-state index contributed by atoms with van der Waals surface area (Å²) in [5.41, 5.74) is 1.10. The van der Waals surface area contributed by atoms with Crippen molar-refractivity contribution in [1.29, 1.82) is 0 Å². The smallest absolute Gasteiger partial charge is 0.213 e. The number of piperazine rings is 1. The van der Waals surface area contributed by atoms with Crippen molar-refractivity contribution < 1.29 is 12.8 Å². The van der Waals surface area contributed by atoms with Gasteiger partial charge in [0, 0.05) is 31.7 Å². The maximum atomic E-state index is 12.9. The molecule has 0 aliphatic carbocycles. The zero-order valence-corrected chi connectivity index (χ0v) is 14.3. The highest BCUT2D eigenvalue weighted by atomic mass is 32.2. The minimum atomic E-state index is -3.12. The van der Waals surface area contributed by atoms with E-state index in [1.165, 1.54) is 12.1 Å². The van der Waals surface area contributed by atoms with E-state index in [0.717, 1.165) is 18.5 Å². The van der Waals surface area contributed by atoms with E-state index in [2.05, 4.69) is 18.7 Å². The number of halogens is 1. The number of rotatable bonds is 5. The molecule has 0 spiro atoms. The van der Waals surface area contributed by atoms with Gasteiger partial charge in [0.1, 0.15) is 5.82 Å². The average Bonchev–Trinajstić information content (AvgIpc) is 2.48. The molecule has 1 saturated heterocycles. The lowest BCUT2D eigenvalue weighted by atomic mass is 10.1. The fourth-order valence-electron chi connectivity index (χ4n) is 3.07. The van der Waals surface area contributed by atoms with E-state index < -0.39 is 10.0 Å². The molecule has 0 bridgehead atoms. The highest BCUT2D eigenvalue weighted by Crippen LogP contribution is 2.19. The molecule has 4 nitrogen and oxygen atoms in total. The Hall–Kier alpha value is -0.980. The summed E-state index contributed by atoms with van der Waals surface area (Å²) in [7, 11) is -3.12. The maximum Gasteiger partial charge on any atom is 0.213 e. The van der Waals surface area contributed by atoms with Crippen molar-refractivity contribution in [2.45, 2.75) is 39.3 Å². The molecule has 1 heterocycles. The Morgan fingerprint density at radius 3 is 2.18 bits per heavy atom. The number of sulfonamides is 1. The van der Waals surface area contributed by atoms with Gasteiger partial charge in [-0.1, -0.05) is 12.1 Å². The Labute approximate surface area is 133 Å². The molecule has 1 aromatic rings. The third kappa shape index (κ3) is 4.06. The number of hydrogen-bond acceptors (Lipinski definition) is 3. The van der Waals surface area contributed by atoms with Gasteiger partial charge in [-0.15, -0.1) is 0 Å². The first-order chi connectivity index (χ1) is 10.3. The molecule has 1 aliphatic rings. The van der Waals surface area contributed by atoms with E-state index in [1.807, 2.05) is 12.1 Å². The molecule has 6 heteroatoms. The summed E-state index contributed by atoms with van der Waals surface area (Å²) in [4.78, 5) is 2.34. The minimum Gasteiger partial charge on any atom is -0.295 e. The van der Waals surface area contributed by atoms with Crippen LogP contribution in [0.4, 0.5) is 4.39 Å². The lowest BCUT2D eigenvalue weighted by molar-refractivity contribution is 0.0784. The van der Waals surface area contributed by atoms with Crippen molar-refractivity contribution in [3.8, 4) is 0 Å². The maximum absolute atomic E-state index is 12.9.